The lowest BCUT2D eigenvalue weighted by molar-refractivity contribution is -0.134. The van der Waals surface area contributed by atoms with E-state index in [0.29, 0.717) is 23.7 Å². The van der Waals surface area contributed by atoms with Crippen molar-refractivity contribution < 1.29 is 17.9 Å². The number of sulfonamides is 1. The molecule has 0 radical (unpaired) electrons. The van der Waals surface area contributed by atoms with Gasteiger partial charge in [-0.3, -0.25) is 4.79 Å². The van der Waals surface area contributed by atoms with E-state index in [0.717, 1.165) is 5.56 Å². The molecule has 0 aromatic heterocycles. The first-order valence-corrected chi connectivity index (χ1v) is 9.93. The molecular formula is C19H22N2O4S. The Labute approximate surface area is 154 Å². The standard InChI is InChI=1S/C19H22N2O4S/c1-16-6-5-9-18(14-16)26(23,24)21-12-10-20(11-13-21)19(22)15-25-17-7-3-2-4-8-17/h2-9,14H,10-13,15H2,1H3. The summed E-state index contributed by atoms with van der Waals surface area (Å²) in [6.45, 7) is 3.11. The van der Waals surface area contributed by atoms with Crippen molar-refractivity contribution in [2.75, 3.05) is 32.8 Å². The quantitative estimate of drug-likeness (QED) is 0.802. The van der Waals surface area contributed by atoms with E-state index in [1.807, 2.05) is 31.2 Å². The SMILES string of the molecule is Cc1cccc(S(=O)(=O)N2CCN(C(=O)COc3ccccc3)CC2)c1. The minimum atomic E-state index is -3.52. The maximum atomic E-state index is 12.7. The Morgan fingerprint density at radius 3 is 2.35 bits per heavy atom. The lowest BCUT2D eigenvalue weighted by atomic mass is 10.2. The van der Waals surface area contributed by atoms with Crippen LogP contribution in [-0.4, -0.2) is 56.3 Å². The number of ether oxygens (including phenoxy) is 1. The summed E-state index contributed by atoms with van der Waals surface area (Å²) in [5.41, 5.74) is 0.901. The number of carbonyl (C=O) groups excluding carboxylic acids is 1. The molecule has 7 heteroatoms. The van der Waals surface area contributed by atoms with Crippen molar-refractivity contribution in [3.05, 3.63) is 60.2 Å². The predicted octanol–water partition coefficient (Wildman–Crippen LogP) is 1.91. The Morgan fingerprint density at radius 2 is 1.69 bits per heavy atom. The topological polar surface area (TPSA) is 66.9 Å². The summed E-state index contributed by atoms with van der Waals surface area (Å²) in [4.78, 5) is 14.2. The van der Waals surface area contributed by atoms with Gasteiger partial charge in [-0.1, -0.05) is 30.3 Å². The zero-order valence-electron chi connectivity index (χ0n) is 14.7. The number of carbonyl (C=O) groups is 1. The number of hydrogen-bond donors (Lipinski definition) is 0. The van der Waals surface area contributed by atoms with Crippen LogP contribution >= 0.6 is 0 Å². The van der Waals surface area contributed by atoms with Crippen molar-refractivity contribution >= 4 is 15.9 Å². The highest BCUT2D eigenvalue weighted by Gasteiger charge is 2.30. The van der Waals surface area contributed by atoms with Crippen LogP contribution in [0.4, 0.5) is 0 Å². The Kier molecular flexibility index (Phi) is 5.58. The minimum absolute atomic E-state index is 0.0470. The third-order valence-corrected chi connectivity index (χ3v) is 6.22. The first-order valence-electron chi connectivity index (χ1n) is 8.49. The largest absolute Gasteiger partial charge is 0.484 e. The van der Waals surface area contributed by atoms with E-state index in [-0.39, 0.29) is 25.6 Å². The first-order chi connectivity index (χ1) is 12.5. The fraction of sp³-hybridized carbons (Fsp3) is 0.316. The van der Waals surface area contributed by atoms with E-state index in [1.54, 1.807) is 35.2 Å². The van der Waals surface area contributed by atoms with Gasteiger partial charge in [-0.05, 0) is 36.8 Å². The fourth-order valence-electron chi connectivity index (χ4n) is 2.86. The molecule has 0 saturated carbocycles. The van der Waals surface area contributed by atoms with Crippen LogP contribution in [0.25, 0.3) is 0 Å². The lowest BCUT2D eigenvalue weighted by Crippen LogP contribution is -2.51. The molecule has 1 heterocycles. The van der Waals surface area contributed by atoms with E-state index < -0.39 is 10.0 Å². The summed E-state index contributed by atoms with van der Waals surface area (Å²) in [5, 5.41) is 0. The number of aryl methyl sites for hydroxylation is 1. The molecular weight excluding hydrogens is 352 g/mol. The molecule has 6 nitrogen and oxygen atoms in total. The predicted molar refractivity (Wildman–Crippen MR) is 98.5 cm³/mol. The van der Waals surface area contributed by atoms with Crippen LogP contribution in [-0.2, 0) is 14.8 Å². The van der Waals surface area contributed by atoms with Crippen molar-refractivity contribution in [1.82, 2.24) is 9.21 Å². The molecule has 1 aliphatic rings. The van der Waals surface area contributed by atoms with Crippen molar-refractivity contribution in [3.8, 4) is 5.75 Å². The lowest BCUT2D eigenvalue weighted by Gasteiger charge is -2.34. The fourth-order valence-corrected chi connectivity index (χ4v) is 4.38. The van der Waals surface area contributed by atoms with E-state index in [1.165, 1.54) is 4.31 Å². The summed E-state index contributed by atoms with van der Waals surface area (Å²) >= 11 is 0. The van der Waals surface area contributed by atoms with E-state index in [4.69, 9.17) is 4.74 Å². The van der Waals surface area contributed by atoms with E-state index in [2.05, 4.69) is 0 Å². The normalized spacial score (nSPS) is 15.7. The van der Waals surface area contributed by atoms with Crippen molar-refractivity contribution in [3.63, 3.8) is 0 Å². The van der Waals surface area contributed by atoms with Crippen LogP contribution in [0, 0.1) is 6.92 Å². The molecule has 0 unspecified atom stereocenters. The van der Waals surface area contributed by atoms with Crippen LogP contribution < -0.4 is 4.74 Å². The number of piperazine rings is 1. The average Bonchev–Trinajstić information content (AvgIpc) is 2.67. The highest BCUT2D eigenvalue weighted by molar-refractivity contribution is 7.89. The third-order valence-electron chi connectivity index (χ3n) is 4.32. The van der Waals surface area contributed by atoms with Crippen LogP contribution in [0.3, 0.4) is 0 Å². The molecule has 0 spiro atoms. The molecule has 1 fully saturated rings. The van der Waals surface area contributed by atoms with Gasteiger partial charge in [0.2, 0.25) is 10.0 Å². The van der Waals surface area contributed by atoms with Crippen LogP contribution in [0.2, 0.25) is 0 Å². The van der Waals surface area contributed by atoms with Gasteiger partial charge in [-0.2, -0.15) is 4.31 Å². The summed E-state index contributed by atoms with van der Waals surface area (Å²) < 4.78 is 32.4. The molecule has 2 aromatic rings. The van der Waals surface area contributed by atoms with Crippen molar-refractivity contribution in [2.24, 2.45) is 0 Å². The third kappa shape index (κ3) is 4.23. The number of nitrogens with zero attached hydrogens (tertiary/aromatic N) is 2. The zero-order chi connectivity index (χ0) is 18.6. The first kappa shape index (κ1) is 18.4. The van der Waals surface area contributed by atoms with Crippen LogP contribution in [0.1, 0.15) is 5.56 Å². The molecule has 0 bridgehead atoms. The maximum Gasteiger partial charge on any atom is 0.260 e. The van der Waals surface area contributed by atoms with Gasteiger partial charge in [-0.15, -0.1) is 0 Å². The Bertz CT molecular complexity index is 860. The molecule has 1 aliphatic heterocycles. The van der Waals surface area contributed by atoms with Crippen LogP contribution in [0.5, 0.6) is 5.75 Å². The van der Waals surface area contributed by atoms with Gasteiger partial charge in [0.25, 0.3) is 5.91 Å². The van der Waals surface area contributed by atoms with Gasteiger partial charge >= 0.3 is 0 Å². The molecule has 138 valence electrons. The average molecular weight is 374 g/mol. The maximum absolute atomic E-state index is 12.7. The summed E-state index contributed by atoms with van der Waals surface area (Å²) in [7, 11) is -3.52. The second-order valence-electron chi connectivity index (χ2n) is 6.20. The smallest absolute Gasteiger partial charge is 0.260 e. The van der Waals surface area contributed by atoms with Crippen molar-refractivity contribution in [2.45, 2.75) is 11.8 Å². The molecule has 0 N–H and O–H groups in total. The number of para-hydroxylation sites is 1. The number of amides is 1. The van der Waals surface area contributed by atoms with Gasteiger partial charge in [0.15, 0.2) is 6.61 Å². The number of rotatable bonds is 5. The highest BCUT2D eigenvalue weighted by atomic mass is 32.2. The van der Waals surface area contributed by atoms with Gasteiger partial charge < -0.3 is 9.64 Å². The Morgan fingerprint density at radius 1 is 1.00 bits per heavy atom. The summed E-state index contributed by atoms with van der Waals surface area (Å²) in [5.74, 6) is 0.503. The Balaban J connectivity index is 1.56. The molecule has 0 aliphatic carbocycles. The molecule has 3 rings (SSSR count). The van der Waals surface area contributed by atoms with Gasteiger partial charge in [0, 0.05) is 26.2 Å². The molecule has 2 aromatic carbocycles. The zero-order valence-corrected chi connectivity index (χ0v) is 15.5. The van der Waals surface area contributed by atoms with E-state index >= 15 is 0 Å². The molecule has 1 amide bonds. The van der Waals surface area contributed by atoms with Crippen molar-refractivity contribution in [1.29, 1.82) is 0 Å². The summed E-state index contributed by atoms with van der Waals surface area (Å²) in [6, 6.07) is 16.0. The van der Waals surface area contributed by atoms with Gasteiger partial charge in [0.05, 0.1) is 4.90 Å². The minimum Gasteiger partial charge on any atom is -0.484 e. The summed E-state index contributed by atoms with van der Waals surface area (Å²) in [6.07, 6.45) is 0. The molecule has 0 atom stereocenters. The second-order valence-corrected chi connectivity index (χ2v) is 8.14. The van der Waals surface area contributed by atoms with Crippen LogP contribution in [0.15, 0.2) is 59.5 Å². The van der Waals surface area contributed by atoms with Gasteiger partial charge in [0.1, 0.15) is 5.75 Å². The highest BCUT2D eigenvalue weighted by Crippen LogP contribution is 2.19. The Hall–Kier alpha value is -2.38. The molecule has 26 heavy (non-hydrogen) atoms. The van der Waals surface area contributed by atoms with Gasteiger partial charge in [-0.25, -0.2) is 8.42 Å². The van der Waals surface area contributed by atoms with E-state index in [9.17, 15) is 13.2 Å². The monoisotopic (exact) mass is 374 g/mol. The second kappa shape index (κ2) is 7.88. The molecule has 1 saturated heterocycles. The number of benzene rings is 2. The number of hydrogen-bond acceptors (Lipinski definition) is 4.